The van der Waals surface area contributed by atoms with Crippen LogP contribution in [0.25, 0.3) is 10.9 Å². The number of hydrogen-bond donors (Lipinski definition) is 9. The highest BCUT2D eigenvalue weighted by Gasteiger charge is 2.32. The molecular weight excluding hydrogens is 560 g/mol. The number of carbonyl (C=O) groups is 5. The van der Waals surface area contributed by atoms with E-state index >= 15 is 0 Å². The Bertz CT molecular complexity index is 1570. The minimum Gasteiger partial charge on any atom is -0.480 e. The Balaban J connectivity index is 1.48. The van der Waals surface area contributed by atoms with E-state index in [0.29, 0.717) is 17.0 Å². The summed E-state index contributed by atoms with van der Waals surface area (Å²) in [5, 5.41) is 18.1. The number of aromatic amines is 3. The van der Waals surface area contributed by atoms with E-state index in [-0.39, 0.29) is 19.3 Å². The maximum absolute atomic E-state index is 13.4. The summed E-state index contributed by atoms with van der Waals surface area (Å²) < 4.78 is 0. The number of aliphatic carboxylic acids is 1. The zero-order chi connectivity index (χ0) is 30.9. The van der Waals surface area contributed by atoms with Gasteiger partial charge in [0.2, 0.25) is 23.6 Å². The number of aromatic nitrogens is 5. The van der Waals surface area contributed by atoms with Crippen molar-refractivity contribution in [3.8, 4) is 0 Å². The van der Waals surface area contributed by atoms with Crippen molar-refractivity contribution in [2.24, 2.45) is 11.5 Å². The summed E-state index contributed by atoms with van der Waals surface area (Å²) in [4.78, 5) is 79.8. The normalized spacial score (nSPS) is 13.9. The monoisotopic (exact) mass is 592 g/mol. The maximum Gasteiger partial charge on any atom is 0.326 e. The average molecular weight is 593 g/mol. The third-order valence-electron chi connectivity index (χ3n) is 6.70. The Morgan fingerprint density at radius 2 is 1.40 bits per heavy atom. The van der Waals surface area contributed by atoms with Gasteiger partial charge in [-0.25, -0.2) is 14.8 Å². The van der Waals surface area contributed by atoms with Crippen molar-refractivity contribution in [1.29, 1.82) is 0 Å². The van der Waals surface area contributed by atoms with Crippen LogP contribution in [0.15, 0.2) is 55.5 Å². The molecule has 226 valence electrons. The van der Waals surface area contributed by atoms with Crippen molar-refractivity contribution >= 4 is 40.5 Å². The highest BCUT2D eigenvalue weighted by Crippen LogP contribution is 2.19. The molecule has 4 aromatic rings. The fraction of sp³-hybridized carbons (Fsp3) is 0.296. The Kier molecular flexibility index (Phi) is 9.85. The van der Waals surface area contributed by atoms with Gasteiger partial charge < -0.3 is 47.5 Å². The van der Waals surface area contributed by atoms with Gasteiger partial charge in [0.1, 0.15) is 18.1 Å². The van der Waals surface area contributed by atoms with Crippen molar-refractivity contribution < 1.29 is 29.1 Å². The molecule has 0 spiro atoms. The van der Waals surface area contributed by atoms with Crippen LogP contribution < -0.4 is 27.4 Å². The standard InChI is InChI=1S/C27H32N10O6/c28-18(6-15-10-30-12-33-15)24(39)35-21(8-23(29)38)26(41)36-20(7-16-11-31-13-34-16)25(40)37-22(27(42)43)5-14-9-32-19-4-2-1-3-17(14)19/h1-4,9-13,18,20-22,32H,5-8,28H2,(H2,29,38)(H,30,33)(H,31,34)(H,35,39)(H,36,41)(H,37,40)(H,42,43). The molecule has 3 heterocycles. The van der Waals surface area contributed by atoms with E-state index in [9.17, 15) is 29.1 Å². The van der Waals surface area contributed by atoms with Crippen molar-refractivity contribution in [2.75, 3.05) is 0 Å². The second kappa shape index (κ2) is 13.9. The van der Waals surface area contributed by atoms with Crippen molar-refractivity contribution in [3.05, 3.63) is 72.5 Å². The zero-order valence-corrected chi connectivity index (χ0v) is 22.9. The summed E-state index contributed by atoms with van der Waals surface area (Å²) in [5.41, 5.74) is 13.8. The fourth-order valence-corrected chi connectivity index (χ4v) is 4.51. The van der Waals surface area contributed by atoms with Gasteiger partial charge in [-0.05, 0) is 11.6 Å². The van der Waals surface area contributed by atoms with Crippen LogP contribution >= 0.6 is 0 Å². The number of fused-ring (bicyclic) bond motifs is 1. The molecule has 0 saturated carbocycles. The van der Waals surface area contributed by atoms with Gasteiger partial charge in [0.25, 0.3) is 0 Å². The lowest BCUT2D eigenvalue weighted by Crippen LogP contribution is -2.58. The highest BCUT2D eigenvalue weighted by molar-refractivity contribution is 5.96. The number of nitrogens with one attached hydrogen (secondary N) is 6. The molecule has 1 aromatic carbocycles. The van der Waals surface area contributed by atoms with E-state index in [1.807, 2.05) is 24.3 Å². The molecule has 0 radical (unpaired) electrons. The lowest BCUT2D eigenvalue weighted by molar-refractivity contribution is -0.142. The molecule has 0 fully saturated rings. The first-order valence-corrected chi connectivity index (χ1v) is 13.3. The van der Waals surface area contributed by atoms with Crippen LogP contribution in [0, 0.1) is 0 Å². The lowest BCUT2D eigenvalue weighted by atomic mass is 10.0. The van der Waals surface area contributed by atoms with E-state index in [0.717, 1.165) is 10.9 Å². The molecule has 0 aliphatic rings. The van der Waals surface area contributed by atoms with Gasteiger partial charge in [-0.2, -0.15) is 0 Å². The van der Waals surface area contributed by atoms with Crippen LogP contribution in [0.5, 0.6) is 0 Å². The van der Waals surface area contributed by atoms with Crippen LogP contribution in [0.3, 0.4) is 0 Å². The van der Waals surface area contributed by atoms with Crippen LogP contribution in [0.1, 0.15) is 23.4 Å². The van der Waals surface area contributed by atoms with E-state index in [1.54, 1.807) is 6.20 Å². The third kappa shape index (κ3) is 8.26. The third-order valence-corrected chi connectivity index (χ3v) is 6.70. The summed E-state index contributed by atoms with van der Waals surface area (Å²) in [5.74, 6) is -4.62. The number of carboxylic acids is 1. The molecule has 0 bridgehead atoms. The number of imidazole rings is 2. The first kappa shape index (κ1) is 30.4. The van der Waals surface area contributed by atoms with Crippen LogP contribution in [-0.2, 0) is 43.2 Å². The van der Waals surface area contributed by atoms with Crippen molar-refractivity contribution in [2.45, 2.75) is 49.9 Å². The minimum atomic E-state index is -1.46. The summed E-state index contributed by atoms with van der Waals surface area (Å²) in [6.07, 6.45) is 6.75. The van der Waals surface area contributed by atoms with Gasteiger partial charge in [0, 0.05) is 60.1 Å². The molecule has 16 heteroatoms. The van der Waals surface area contributed by atoms with E-state index in [1.165, 1.54) is 25.0 Å². The Morgan fingerprint density at radius 3 is 2.02 bits per heavy atom. The smallest absolute Gasteiger partial charge is 0.326 e. The van der Waals surface area contributed by atoms with Gasteiger partial charge in [0.05, 0.1) is 25.1 Å². The summed E-state index contributed by atoms with van der Waals surface area (Å²) in [6, 6.07) is 2.12. The second-order valence-electron chi connectivity index (χ2n) is 9.92. The minimum absolute atomic E-state index is 0.0373. The van der Waals surface area contributed by atoms with E-state index in [2.05, 4.69) is 40.9 Å². The number of nitrogens with zero attached hydrogens (tertiary/aromatic N) is 2. The van der Waals surface area contributed by atoms with E-state index < -0.39 is 60.2 Å². The second-order valence-corrected chi connectivity index (χ2v) is 9.92. The molecule has 0 aliphatic carbocycles. The number of nitrogens with two attached hydrogens (primary N) is 2. The zero-order valence-electron chi connectivity index (χ0n) is 22.9. The van der Waals surface area contributed by atoms with Crippen LogP contribution in [-0.4, -0.2) is 83.8 Å². The summed E-state index contributed by atoms with van der Waals surface area (Å²) in [7, 11) is 0. The molecule has 4 rings (SSSR count). The molecule has 0 aliphatic heterocycles. The molecule has 43 heavy (non-hydrogen) atoms. The number of rotatable bonds is 15. The first-order valence-electron chi connectivity index (χ1n) is 13.3. The molecular formula is C27H32N10O6. The van der Waals surface area contributed by atoms with Gasteiger partial charge in [-0.3, -0.25) is 19.2 Å². The fourth-order valence-electron chi connectivity index (χ4n) is 4.51. The van der Waals surface area contributed by atoms with Crippen molar-refractivity contribution in [1.82, 2.24) is 40.9 Å². The quantitative estimate of drug-likeness (QED) is 0.0767. The Morgan fingerprint density at radius 1 is 0.791 bits per heavy atom. The Labute approximate surface area is 244 Å². The first-order chi connectivity index (χ1) is 20.6. The van der Waals surface area contributed by atoms with E-state index in [4.69, 9.17) is 11.5 Å². The molecule has 4 atom stereocenters. The SMILES string of the molecule is NC(=O)CC(NC(=O)C(N)Cc1cnc[nH]1)C(=O)NC(Cc1cnc[nH]1)C(=O)NC(Cc1c[nH]c2ccccc12)C(=O)O. The lowest BCUT2D eigenvalue weighted by Gasteiger charge is -2.24. The van der Waals surface area contributed by atoms with Gasteiger partial charge in [-0.1, -0.05) is 18.2 Å². The number of H-pyrrole nitrogens is 3. The number of carboxylic acid groups (broad SMARTS) is 1. The van der Waals surface area contributed by atoms with Crippen LogP contribution in [0.4, 0.5) is 0 Å². The highest BCUT2D eigenvalue weighted by atomic mass is 16.4. The largest absolute Gasteiger partial charge is 0.480 e. The molecule has 4 amide bonds. The summed E-state index contributed by atoms with van der Waals surface area (Å²) >= 11 is 0. The number of benzene rings is 1. The topological polar surface area (TPSA) is 267 Å². The number of primary amides is 1. The number of carbonyl (C=O) groups excluding carboxylic acids is 4. The van der Waals surface area contributed by atoms with Crippen molar-refractivity contribution in [3.63, 3.8) is 0 Å². The number of hydrogen-bond acceptors (Lipinski definition) is 8. The van der Waals surface area contributed by atoms with Gasteiger partial charge in [0.15, 0.2) is 0 Å². The molecule has 3 aromatic heterocycles. The Hall–Kier alpha value is -5.51. The molecule has 16 nitrogen and oxygen atoms in total. The van der Waals surface area contributed by atoms with Gasteiger partial charge >= 0.3 is 5.97 Å². The predicted octanol–water partition coefficient (Wildman–Crippen LogP) is -1.62. The maximum atomic E-state index is 13.4. The molecule has 0 saturated heterocycles. The van der Waals surface area contributed by atoms with Gasteiger partial charge in [-0.15, -0.1) is 0 Å². The van der Waals surface area contributed by atoms with Crippen LogP contribution in [0.2, 0.25) is 0 Å². The predicted molar refractivity (Wildman–Crippen MR) is 152 cm³/mol. The average Bonchev–Trinajstić information content (AvgIpc) is 3.75. The molecule has 11 N–H and O–H groups in total. The summed E-state index contributed by atoms with van der Waals surface area (Å²) in [6.45, 7) is 0. The number of para-hydroxylation sites is 1. The number of amides is 4. The molecule has 4 unspecified atom stereocenters.